The predicted molar refractivity (Wildman–Crippen MR) is 126 cm³/mol. The molecule has 0 aliphatic heterocycles. The second-order valence-electron chi connectivity index (χ2n) is 7.35. The van der Waals surface area contributed by atoms with Crippen molar-refractivity contribution in [2.24, 2.45) is 0 Å². The number of rotatable bonds is 7. The molecule has 0 saturated heterocycles. The molecule has 0 bridgehead atoms. The van der Waals surface area contributed by atoms with Gasteiger partial charge in [0, 0.05) is 5.69 Å². The van der Waals surface area contributed by atoms with Crippen LogP contribution in [0.3, 0.4) is 0 Å². The van der Waals surface area contributed by atoms with Crippen molar-refractivity contribution in [1.82, 2.24) is 5.32 Å². The molecule has 6 nitrogen and oxygen atoms in total. The molecule has 0 spiro atoms. The van der Waals surface area contributed by atoms with Crippen molar-refractivity contribution in [2.75, 3.05) is 26.1 Å². The van der Waals surface area contributed by atoms with Crippen molar-refractivity contribution in [1.29, 1.82) is 0 Å². The first-order valence-electron chi connectivity index (χ1n) is 10.2. The van der Waals surface area contributed by atoms with E-state index in [1.807, 2.05) is 18.2 Å². The molecule has 8 heteroatoms. The summed E-state index contributed by atoms with van der Waals surface area (Å²) in [4.78, 5) is 11.9. The highest BCUT2D eigenvalue weighted by atomic mass is 35.5. The van der Waals surface area contributed by atoms with Gasteiger partial charge in [0.25, 0.3) is 0 Å². The minimum Gasteiger partial charge on any atom is -0.493 e. The fourth-order valence-corrected chi connectivity index (χ4v) is 4.52. The van der Waals surface area contributed by atoms with Gasteiger partial charge in [0.05, 0.1) is 37.0 Å². The molecule has 0 unspecified atom stereocenters. The quantitative estimate of drug-likeness (QED) is 0.428. The van der Waals surface area contributed by atoms with Crippen molar-refractivity contribution in [2.45, 2.75) is 38.1 Å². The second-order valence-corrected chi connectivity index (χ2v) is 8.17. The van der Waals surface area contributed by atoms with E-state index in [4.69, 9.17) is 38.0 Å². The Balaban J connectivity index is 1.77. The molecule has 2 aromatic carbocycles. The van der Waals surface area contributed by atoms with Gasteiger partial charge in [0.1, 0.15) is 0 Å². The number of halogens is 1. The van der Waals surface area contributed by atoms with Crippen molar-refractivity contribution < 1.29 is 19.0 Å². The summed E-state index contributed by atoms with van der Waals surface area (Å²) in [5.74, 6) is 0.933. The van der Waals surface area contributed by atoms with Crippen LogP contribution < -0.4 is 20.1 Å². The van der Waals surface area contributed by atoms with Gasteiger partial charge in [0.15, 0.2) is 16.6 Å². The van der Waals surface area contributed by atoms with E-state index in [1.54, 1.807) is 39.3 Å². The number of carbonyl (C=O) groups excluding carboxylic acids is 1. The number of thiocarbonyl (C=S) groups is 1. The minimum atomic E-state index is -0.446. The molecule has 1 fully saturated rings. The number of hydrogen-bond acceptors (Lipinski definition) is 5. The zero-order valence-electron chi connectivity index (χ0n) is 17.9. The zero-order chi connectivity index (χ0) is 22.4. The summed E-state index contributed by atoms with van der Waals surface area (Å²) in [6.07, 6.45) is 4.10. The Hall–Kier alpha value is -2.51. The van der Waals surface area contributed by atoms with Gasteiger partial charge in [-0.2, -0.15) is 0 Å². The van der Waals surface area contributed by atoms with Crippen LogP contribution in [0.25, 0.3) is 0 Å². The number of esters is 1. The summed E-state index contributed by atoms with van der Waals surface area (Å²) < 4.78 is 15.9. The van der Waals surface area contributed by atoms with Crippen molar-refractivity contribution in [3.8, 4) is 11.5 Å². The maximum absolute atomic E-state index is 11.9. The molecule has 0 heterocycles. The lowest BCUT2D eigenvalue weighted by atomic mass is 9.88. The van der Waals surface area contributed by atoms with Crippen LogP contribution in [0.5, 0.6) is 11.5 Å². The summed E-state index contributed by atoms with van der Waals surface area (Å²) in [6, 6.07) is 11.0. The first-order valence-corrected chi connectivity index (χ1v) is 11.0. The molecule has 0 radical (unpaired) electrons. The van der Waals surface area contributed by atoms with Gasteiger partial charge in [0.2, 0.25) is 0 Å². The lowest BCUT2D eigenvalue weighted by Gasteiger charge is -2.33. The van der Waals surface area contributed by atoms with Crippen LogP contribution in [0.15, 0.2) is 36.4 Å². The number of hydrogen-bond donors (Lipinski definition) is 2. The van der Waals surface area contributed by atoms with Crippen molar-refractivity contribution in [3.05, 3.63) is 52.5 Å². The van der Waals surface area contributed by atoms with Gasteiger partial charge in [-0.25, -0.2) is 4.79 Å². The maximum atomic E-state index is 11.9. The van der Waals surface area contributed by atoms with Gasteiger partial charge in [-0.1, -0.05) is 30.5 Å². The van der Waals surface area contributed by atoms with E-state index in [0.29, 0.717) is 39.5 Å². The molecule has 3 rings (SSSR count). The average Bonchev–Trinajstić information content (AvgIpc) is 3.22. The molecule has 0 atom stereocenters. The standard InChI is InChI=1S/C23H27ClN2O4S/c1-4-30-21(27)17-9-8-16(14-18(17)24)25-22(31)26-23(11-5-6-12-23)15-7-10-19(28-2)20(13-15)29-3/h7-10,13-14H,4-6,11-12H2,1-3H3,(H2,25,26,31). The summed E-state index contributed by atoms with van der Waals surface area (Å²) in [5, 5.41) is 7.48. The van der Waals surface area contributed by atoms with Gasteiger partial charge in [-0.3, -0.25) is 0 Å². The van der Waals surface area contributed by atoms with Crippen LogP contribution in [0, 0.1) is 0 Å². The molecular weight excluding hydrogens is 436 g/mol. The van der Waals surface area contributed by atoms with E-state index >= 15 is 0 Å². The monoisotopic (exact) mass is 462 g/mol. The average molecular weight is 463 g/mol. The molecule has 166 valence electrons. The Morgan fingerprint density at radius 2 is 1.81 bits per heavy atom. The SMILES string of the molecule is CCOC(=O)c1ccc(NC(=S)NC2(c3ccc(OC)c(OC)c3)CCCC2)cc1Cl. The Kier molecular flexibility index (Phi) is 7.62. The van der Waals surface area contributed by atoms with E-state index < -0.39 is 5.97 Å². The van der Waals surface area contributed by atoms with E-state index in [9.17, 15) is 4.79 Å². The molecule has 2 aromatic rings. The Bertz CT molecular complexity index is 961. The largest absolute Gasteiger partial charge is 0.493 e. The Morgan fingerprint density at radius 3 is 2.42 bits per heavy atom. The Labute approximate surface area is 193 Å². The van der Waals surface area contributed by atoms with Gasteiger partial charge < -0.3 is 24.8 Å². The molecule has 1 aliphatic rings. The first-order chi connectivity index (χ1) is 14.9. The predicted octanol–water partition coefficient (Wildman–Crippen LogP) is 5.29. The zero-order valence-corrected chi connectivity index (χ0v) is 19.5. The van der Waals surface area contributed by atoms with Crippen LogP contribution in [0.2, 0.25) is 5.02 Å². The third-order valence-electron chi connectivity index (χ3n) is 5.47. The van der Waals surface area contributed by atoms with E-state index in [0.717, 1.165) is 31.2 Å². The smallest absolute Gasteiger partial charge is 0.339 e. The molecule has 0 amide bonds. The molecular formula is C23H27ClN2O4S. The number of nitrogens with one attached hydrogen (secondary N) is 2. The maximum Gasteiger partial charge on any atom is 0.339 e. The lowest BCUT2D eigenvalue weighted by Crippen LogP contribution is -2.45. The molecule has 0 aromatic heterocycles. The van der Waals surface area contributed by atoms with Crippen LogP contribution in [0.1, 0.15) is 48.5 Å². The van der Waals surface area contributed by atoms with Crippen LogP contribution >= 0.6 is 23.8 Å². The molecule has 2 N–H and O–H groups in total. The lowest BCUT2D eigenvalue weighted by molar-refractivity contribution is 0.0526. The summed E-state index contributed by atoms with van der Waals surface area (Å²) in [7, 11) is 3.25. The number of anilines is 1. The third-order valence-corrected chi connectivity index (χ3v) is 5.99. The van der Waals surface area contributed by atoms with Crippen molar-refractivity contribution >= 4 is 40.6 Å². The highest BCUT2D eigenvalue weighted by Crippen LogP contribution is 2.41. The third kappa shape index (κ3) is 5.22. The summed E-state index contributed by atoms with van der Waals surface area (Å²) in [5.41, 5.74) is 1.82. The highest BCUT2D eigenvalue weighted by Gasteiger charge is 2.37. The summed E-state index contributed by atoms with van der Waals surface area (Å²) in [6.45, 7) is 2.05. The molecule has 31 heavy (non-hydrogen) atoms. The van der Waals surface area contributed by atoms with Gasteiger partial charge >= 0.3 is 5.97 Å². The number of carbonyl (C=O) groups is 1. The summed E-state index contributed by atoms with van der Waals surface area (Å²) >= 11 is 11.9. The number of methoxy groups -OCH3 is 2. The highest BCUT2D eigenvalue weighted by molar-refractivity contribution is 7.80. The molecule has 1 saturated carbocycles. The Morgan fingerprint density at radius 1 is 1.10 bits per heavy atom. The van der Waals surface area contributed by atoms with Crippen molar-refractivity contribution in [3.63, 3.8) is 0 Å². The topological polar surface area (TPSA) is 68.8 Å². The number of ether oxygens (including phenoxy) is 3. The van der Waals surface area contributed by atoms with Crippen LogP contribution in [-0.2, 0) is 10.3 Å². The fraction of sp³-hybridized carbons (Fsp3) is 0.391. The van der Waals surface area contributed by atoms with Gasteiger partial charge in [-0.05, 0) is 67.9 Å². The molecule has 1 aliphatic carbocycles. The van der Waals surface area contributed by atoms with E-state index in [2.05, 4.69) is 10.6 Å². The number of benzene rings is 2. The first kappa shape index (κ1) is 23.2. The van der Waals surface area contributed by atoms with E-state index in [-0.39, 0.29) is 5.54 Å². The second kappa shape index (κ2) is 10.2. The van der Waals surface area contributed by atoms with E-state index in [1.165, 1.54) is 0 Å². The fourth-order valence-electron chi connectivity index (χ4n) is 3.95. The minimum absolute atomic E-state index is 0.293. The van der Waals surface area contributed by atoms with Crippen LogP contribution in [-0.4, -0.2) is 31.9 Å². The normalized spacial score (nSPS) is 14.6. The van der Waals surface area contributed by atoms with Gasteiger partial charge in [-0.15, -0.1) is 0 Å². The van der Waals surface area contributed by atoms with Crippen LogP contribution in [0.4, 0.5) is 5.69 Å².